The van der Waals surface area contributed by atoms with Crippen molar-refractivity contribution in [1.82, 2.24) is 10.3 Å². The van der Waals surface area contributed by atoms with E-state index in [1.807, 2.05) is 18.9 Å². The lowest BCUT2D eigenvalue weighted by atomic mass is 10.1. The number of amides is 1. The number of carbonyl (C=O) groups excluding carboxylic acids is 1. The van der Waals surface area contributed by atoms with Gasteiger partial charge in [0, 0.05) is 19.0 Å². The van der Waals surface area contributed by atoms with Crippen LogP contribution < -0.4 is 11.3 Å². The summed E-state index contributed by atoms with van der Waals surface area (Å²) in [7, 11) is 1.91. The first-order valence-electron chi connectivity index (χ1n) is 5.46. The number of halogens is 1. The van der Waals surface area contributed by atoms with Crippen molar-refractivity contribution in [3.63, 3.8) is 0 Å². The number of nitrogens with two attached hydrogens (primary N) is 1. The number of hydrazine groups is 1. The maximum absolute atomic E-state index is 12.7. The normalized spacial score (nSPS) is 12.5. The number of benzene rings is 1. The second kappa shape index (κ2) is 6.32. The molecule has 1 atom stereocenters. The molecule has 0 saturated carbocycles. The molecule has 0 spiro atoms. The van der Waals surface area contributed by atoms with Gasteiger partial charge in [-0.2, -0.15) is 0 Å². The summed E-state index contributed by atoms with van der Waals surface area (Å²) >= 11 is 0. The Morgan fingerprint density at radius 2 is 2.06 bits per heavy atom. The van der Waals surface area contributed by atoms with Crippen LogP contribution in [0.15, 0.2) is 24.3 Å². The standard InChI is InChI=1S/C12H18FN3O/c1-9(12(17)15-14)7-16(2)8-10-3-5-11(13)6-4-10/h3-6,9H,7-8,14H2,1-2H3,(H,15,17). The second-order valence-corrected chi connectivity index (χ2v) is 4.23. The zero-order chi connectivity index (χ0) is 12.8. The highest BCUT2D eigenvalue weighted by Gasteiger charge is 2.13. The topological polar surface area (TPSA) is 58.4 Å². The van der Waals surface area contributed by atoms with E-state index in [0.717, 1.165) is 5.56 Å². The van der Waals surface area contributed by atoms with Crippen molar-refractivity contribution in [2.75, 3.05) is 13.6 Å². The first-order valence-corrected chi connectivity index (χ1v) is 5.46. The molecule has 0 aliphatic rings. The molecule has 94 valence electrons. The molecule has 1 aromatic rings. The van der Waals surface area contributed by atoms with Crippen LogP contribution in [-0.4, -0.2) is 24.4 Å². The highest BCUT2D eigenvalue weighted by molar-refractivity contribution is 5.77. The van der Waals surface area contributed by atoms with Gasteiger partial charge in [-0.15, -0.1) is 0 Å². The molecule has 5 heteroatoms. The molecule has 1 rings (SSSR count). The van der Waals surface area contributed by atoms with Gasteiger partial charge in [-0.1, -0.05) is 19.1 Å². The lowest BCUT2D eigenvalue weighted by Crippen LogP contribution is -2.39. The minimum Gasteiger partial charge on any atom is -0.301 e. The van der Waals surface area contributed by atoms with Gasteiger partial charge >= 0.3 is 0 Å². The average Bonchev–Trinajstić information content (AvgIpc) is 2.30. The summed E-state index contributed by atoms with van der Waals surface area (Å²) < 4.78 is 12.7. The summed E-state index contributed by atoms with van der Waals surface area (Å²) in [5.41, 5.74) is 3.13. The summed E-state index contributed by atoms with van der Waals surface area (Å²) in [6.07, 6.45) is 0. The van der Waals surface area contributed by atoms with E-state index in [1.165, 1.54) is 12.1 Å². The summed E-state index contributed by atoms with van der Waals surface area (Å²) in [5.74, 6) is 4.46. The molecule has 0 heterocycles. The van der Waals surface area contributed by atoms with E-state index in [2.05, 4.69) is 5.43 Å². The number of rotatable bonds is 5. The Labute approximate surface area is 101 Å². The number of carbonyl (C=O) groups is 1. The third-order valence-electron chi connectivity index (χ3n) is 2.54. The van der Waals surface area contributed by atoms with E-state index in [-0.39, 0.29) is 17.6 Å². The van der Waals surface area contributed by atoms with E-state index in [9.17, 15) is 9.18 Å². The van der Waals surface area contributed by atoms with Crippen LogP contribution in [0.4, 0.5) is 4.39 Å². The Morgan fingerprint density at radius 1 is 1.47 bits per heavy atom. The zero-order valence-electron chi connectivity index (χ0n) is 10.1. The van der Waals surface area contributed by atoms with Gasteiger partial charge in [0.1, 0.15) is 5.82 Å². The lowest BCUT2D eigenvalue weighted by molar-refractivity contribution is -0.125. The summed E-state index contributed by atoms with van der Waals surface area (Å²) in [4.78, 5) is 13.2. The first-order chi connectivity index (χ1) is 8.02. The Morgan fingerprint density at radius 3 is 2.59 bits per heavy atom. The van der Waals surface area contributed by atoms with Crippen molar-refractivity contribution in [3.8, 4) is 0 Å². The van der Waals surface area contributed by atoms with Crippen molar-refractivity contribution in [3.05, 3.63) is 35.6 Å². The zero-order valence-corrected chi connectivity index (χ0v) is 10.1. The van der Waals surface area contributed by atoms with Crippen LogP contribution in [0.3, 0.4) is 0 Å². The number of nitrogens with one attached hydrogen (secondary N) is 1. The van der Waals surface area contributed by atoms with Crippen molar-refractivity contribution >= 4 is 5.91 Å². The molecule has 4 nitrogen and oxygen atoms in total. The van der Waals surface area contributed by atoms with Gasteiger partial charge in [0.05, 0.1) is 0 Å². The van der Waals surface area contributed by atoms with Gasteiger partial charge in [-0.05, 0) is 24.7 Å². The molecular formula is C12H18FN3O. The quantitative estimate of drug-likeness (QED) is 0.455. The molecule has 0 aromatic heterocycles. The summed E-state index contributed by atoms with van der Waals surface area (Å²) in [6, 6.07) is 6.33. The number of hydrogen-bond donors (Lipinski definition) is 2. The predicted octanol–water partition coefficient (Wildman–Crippen LogP) is 0.884. The maximum Gasteiger partial charge on any atom is 0.237 e. The van der Waals surface area contributed by atoms with Gasteiger partial charge in [-0.3, -0.25) is 10.2 Å². The number of nitrogens with zero attached hydrogens (tertiary/aromatic N) is 1. The van der Waals surface area contributed by atoms with Crippen molar-refractivity contribution < 1.29 is 9.18 Å². The highest BCUT2D eigenvalue weighted by atomic mass is 19.1. The smallest absolute Gasteiger partial charge is 0.237 e. The third-order valence-corrected chi connectivity index (χ3v) is 2.54. The first kappa shape index (κ1) is 13.6. The van der Waals surface area contributed by atoms with Crippen molar-refractivity contribution in [1.29, 1.82) is 0 Å². The minimum absolute atomic E-state index is 0.176. The van der Waals surface area contributed by atoms with Crippen LogP contribution in [0.25, 0.3) is 0 Å². The molecule has 0 aliphatic carbocycles. The lowest BCUT2D eigenvalue weighted by Gasteiger charge is -2.20. The van der Waals surface area contributed by atoms with Crippen LogP contribution in [0, 0.1) is 11.7 Å². The van der Waals surface area contributed by atoms with E-state index >= 15 is 0 Å². The average molecular weight is 239 g/mol. The molecule has 1 amide bonds. The van der Waals surface area contributed by atoms with Crippen LogP contribution in [0.2, 0.25) is 0 Å². The molecular weight excluding hydrogens is 221 g/mol. The fourth-order valence-corrected chi connectivity index (χ4v) is 1.66. The Balaban J connectivity index is 2.46. The Bertz CT molecular complexity index is 367. The van der Waals surface area contributed by atoms with Crippen molar-refractivity contribution in [2.45, 2.75) is 13.5 Å². The fraction of sp³-hybridized carbons (Fsp3) is 0.417. The molecule has 17 heavy (non-hydrogen) atoms. The highest BCUT2D eigenvalue weighted by Crippen LogP contribution is 2.07. The van der Waals surface area contributed by atoms with Crippen LogP contribution in [0.1, 0.15) is 12.5 Å². The Kier molecular flexibility index (Phi) is 5.06. The summed E-state index contributed by atoms with van der Waals surface area (Å²) in [6.45, 7) is 3.08. The molecule has 0 saturated heterocycles. The predicted molar refractivity (Wildman–Crippen MR) is 64.2 cm³/mol. The fourth-order valence-electron chi connectivity index (χ4n) is 1.66. The molecule has 1 aromatic carbocycles. The van der Waals surface area contributed by atoms with Crippen molar-refractivity contribution in [2.24, 2.45) is 11.8 Å². The molecule has 1 unspecified atom stereocenters. The van der Waals surface area contributed by atoms with E-state index in [4.69, 9.17) is 5.84 Å². The van der Waals surface area contributed by atoms with Gasteiger partial charge < -0.3 is 4.90 Å². The maximum atomic E-state index is 12.7. The van der Waals surface area contributed by atoms with E-state index < -0.39 is 0 Å². The number of hydrogen-bond acceptors (Lipinski definition) is 3. The minimum atomic E-state index is -0.243. The van der Waals surface area contributed by atoms with Gasteiger partial charge in [0.15, 0.2) is 0 Å². The van der Waals surface area contributed by atoms with E-state index in [0.29, 0.717) is 13.1 Å². The molecule has 0 fully saturated rings. The molecule has 0 bridgehead atoms. The van der Waals surface area contributed by atoms with Crippen LogP contribution in [0.5, 0.6) is 0 Å². The van der Waals surface area contributed by atoms with E-state index in [1.54, 1.807) is 12.1 Å². The van der Waals surface area contributed by atoms with Gasteiger partial charge in [-0.25, -0.2) is 10.2 Å². The third kappa shape index (κ3) is 4.50. The van der Waals surface area contributed by atoms with Crippen LogP contribution in [-0.2, 0) is 11.3 Å². The van der Waals surface area contributed by atoms with Gasteiger partial charge in [0.2, 0.25) is 5.91 Å². The largest absolute Gasteiger partial charge is 0.301 e. The monoisotopic (exact) mass is 239 g/mol. The SMILES string of the molecule is CC(CN(C)Cc1ccc(F)cc1)C(=O)NN. The Hall–Kier alpha value is -1.46. The molecule has 0 aliphatic heterocycles. The molecule has 3 N–H and O–H groups in total. The molecule has 0 radical (unpaired) electrons. The summed E-state index contributed by atoms with van der Waals surface area (Å²) in [5, 5.41) is 0. The second-order valence-electron chi connectivity index (χ2n) is 4.23. The van der Waals surface area contributed by atoms with Crippen LogP contribution >= 0.6 is 0 Å². The van der Waals surface area contributed by atoms with Gasteiger partial charge in [0.25, 0.3) is 0 Å².